The van der Waals surface area contributed by atoms with Crippen LogP contribution in [-0.4, -0.2) is 46.6 Å². The van der Waals surface area contributed by atoms with Crippen LogP contribution in [0.25, 0.3) is 10.9 Å². The second-order valence-electron chi connectivity index (χ2n) is 6.78. The van der Waals surface area contributed by atoms with Crippen molar-refractivity contribution >= 4 is 16.8 Å². The Kier molecular flexibility index (Phi) is 4.17. The Morgan fingerprint density at radius 3 is 2.78 bits per heavy atom. The van der Waals surface area contributed by atoms with Gasteiger partial charge in [-0.1, -0.05) is 11.6 Å². The predicted octanol–water partition coefficient (Wildman–Crippen LogP) is 1.87. The van der Waals surface area contributed by atoms with Crippen molar-refractivity contribution in [3.8, 4) is 0 Å². The lowest BCUT2D eigenvalue weighted by Gasteiger charge is -2.15. The molecular weight excluding hydrogens is 290 g/mol. The van der Waals surface area contributed by atoms with Crippen molar-refractivity contribution in [3.63, 3.8) is 0 Å². The molecule has 5 heteroatoms. The molecule has 0 saturated carbocycles. The number of benzene rings is 1. The highest BCUT2D eigenvalue weighted by Gasteiger charge is 2.34. The van der Waals surface area contributed by atoms with E-state index in [-0.39, 0.29) is 24.5 Å². The molecule has 0 spiro atoms. The molecule has 2 aromatic rings. The zero-order valence-electron chi connectivity index (χ0n) is 14.0. The Morgan fingerprint density at radius 1 is 1.35 bits per heavy atom. The normalized spacial score (nSPS) is 21.3. The number of fused-ring (bicyclic) bond motifs is 1. The lowest BCUT2D eigenvalue weighted by molar-refractivity contribution is 0.0778. The highest BCUT2D eigenvalue weighted by atomic mass is 16.3. The second-order valence-corrected chi connectivity index (χ2v) is 6.78. The van der Waals surface area contributed by atoms with E-state index in [4.69, 9.17) is 10.8 Å². The summed E-state index contributed by atoms with van der Waals surface area (Å²) in [5.74, 6) is 0.184. The maximum Gasteiger partial charge on any atom is 0.270 e. The molecule has 0 unspecified atom stereocenters. The third-order valence-electron chi connectivity index (χ3n) is 5.00. The number of H-pyrrole nitrogens is 1. The molecule has 124 valence electrons. The molecule has 1 fully saturated rings. The molecule has 0 aliphatic carbocycles. The number of aromatic amines is 1. The minimum absolute atomic E-state index is 0.00615. The summed E-state index contributed by atoms with van der Waals surface area (Å²) in [7, 11) is 0. The summed E-state index contributed by atoms with van der Waals surface area (Å²) in [6.45, 7) is 7.40. The number of aliphatic hydroxyl groups is 1. The van der Waals surface area contributed by atoms with E-state index in [1.165, 1.54) is 5.56 Å². The molecule has 0 bridgehead atoms. The van der Waals surface area contributed by atoms with Gasteiger partial charge < -0.3 is 20.7 Å². The van der Waals surface area contributed by atoms with E-state index < -0.39 is 0 Å². The molecule has 5 nitrogen and oxygen atoms in total. The summed E-state index contributed by atoms with van der Waals surface area (Å²) in [5.41, 5.74) is 11.1. The van der Waals surface area contributed by atoms with Crippen molar-refractivity contribution in [2.45, 2.75) is 33.2 Å². The molecule has 1 aromatic heterocycles. The minimum Gasteiger partial charge on any atom is -0.396 e. The van der Waals surface area contributed by atoms with Crippen LogP contribution in [0.2, 0.25) is 0 Å². The number of nitrogens with zero attached hydrogens (tertiary/aromatic N) is 1. The zero-order valence-corrected chi connectivity index (χ0v) is 14.0. The average molecular weight is 315 g/mol. The van der Waals surface area contributed by atoms with Gasteiger partial charge in [-0.05, 0) is 50.3 Å². The van der Waals surface area contributed by atoms with Crippen LogP contribution < -0.4 is 5.73 Å². The van der Waals surface area contributed by atoms with Crippen LogP contribution in [0.1, 0.15) is 33.6 Å². The number of carbonyl (C=O) groups excluding carboxylic acids is 1. The van der Waals surface area contributed by atoms with Gasteiger partial charge in [-0.25, -0.2) is 0 Å². The Labute approximate surface area is 136 Å². The van der Waals surface area contributed by atoms with E-state index in [1.54, 1.807) is 0 Å². The van der Waals surface area contributed by atoms with Crippen molar-refractivity contribution in [2.75, 3.05) is 19.7 Å². The first-order valence-electron chi connectivity index (χ1n) is 8.17. The lowest BCUT2D eigenvalue weighted by Crippen LogP contribution is -2.32. The van der Waals surface area contributed by atoms with Crippen molar-refractivity contribution in [1.29, 1.82) is 0 Å². The van der Waals surface area contributed by atoms with Gasteiger partial charge in [0.1, 0.15) is 5.69 Å². The van der Waals surface area contributed by atoms with Crippen LogP contribution in [0.15, 0.2) is 12.1 Å². The molecule has 2 heterocycles. The van der Waals surface area contributed by atoms with Gasteiger partial charge in [-0.3, -0.25) is 4.79 Å². The molecule has 1 aromatic carbocycles. The summed E-state index contributed by atoms with van der Waals surface area (Å²) in [6.07, 6.45) is 0.648. The first-order valence-corrected chi connectivity index (χ1v) is 8.17. The monoisotopic (exact) mass is 315 g/mol. The molecular formula is C18H25N3O2. The lowest BCUT2D eigenvalue weighted by atomic mass is 10.0. The van der Waals surface area contributed by atoms with Gasteiger partial charge in [0.15, 0.2) is 0 Å². The van der Waals surface area contributed by atoms with E-state index in [9.17, 15) is 4.79 Å². The minimum atomic E-state index is -0.0558. The van der Waals surface area contributed by atoms with Crippen LogP contribution in [-0.2, 0) is 0 Å². The number of rotatable bonds is 3. The largest absolute Gasteiger partial charge is 0.396 e. The topological polar surface area (TPSA) is 82.3 Å². The zero-order chi connectivity index (χ0) is 16.7. The van der Waals surface area contributed by atoms with Crippen LogP contribution in [0, 0.1) is 26.7 Å². The van der Waals surface area contributed by atoms with Crippen LogP contribution in [0.5, 0.6) is 0 Å². The van der Waals surface area contributed by atoms with Crippen LogP contribution >= 0.6 is 0 Å². The first-order chi connectivity index (χ1) is 10.9. The SMILES string of the molecule is Cc1cc(C)c2[nH]c(C(=O)N3C[C@H](CCO)[C@@H](N)C3)c(C)c2c1. The average Bonchev–Trinajstić information content (AvgIpc) is 3.01. The number of carbonyl (C=O) groups is 1. The molecule has 1 aliphatic rings. The molecule has 1 amide bonds. The quantitative estimate of drug-likeness (QED) is 0.809. The van der Waals surface area contributed by atoms with Gasteiger partial charge in [0.2, 0.25) is 0 Å². The number of aromatic nitrogens is 1. The smallest absolute Gasteiger partial charge is 0.270 e. The second kappa shape index (κ2) is 5.98. The van der Waals surface area contributed by atoms with Crippen LogP contribution in [0.4, 0.5) is 0 Å². The van der Waals surface area contributed by atoms with Gasteiger partial charge >= 0.3 is 0 Å². The number of aliphatic hydroxyl groups excluding tert-OH is 1. The molecule has 23 heavy (non-hydrogen) atoms. The summed E-state index contributed by atoms with van der Waals surface area (Å²) in [6, 6.07) is 4.19. The van der Waals surface area contributed by atoms with E-state index in [2.05, 4.69) is 31.0 Å². The number of hydrogen-bond acceptors (Lipinski definition) is 3. The fourth-order valence-electron chi connectivity index (χ4n) is 3.69. The van der Waals surface area contributed by atoms with Crippen molar-refractivity contribution in [2.24, 2.45) is 11.7 Å². The number of amides is 1. The maximum atomic E-state index is 12.9. The number of aryl methyl sites for hydroxylation is 3. The summed E-state index contributed by atoms with van der Waals surface area (Å²) in [4.78, 5) is 18.0. The van der Waals surface area contributed by atoms with Crippen molar-refractivity contribution in [3.05, 3.63) is 34.5 Å². The van der Waals surface area contributed by atoms with Gasteiger partial charge in [-0.15, -0.1) is 0 Å². The Hall–Kier alpha value is -1.85. The Morgan fingerprint density at radius 2 is 2.09 bits per heavy atom. The molecule has 0 radical (unpaired) electrons. The van der Waals surface area contributed by atoms with E-state index in [1.807, 2.05) is 11.8 Å². The summed E-state index contributed by atoms with van der Waals surface area (Å²) >= 11 is 0. The fourth-order valence-corrected chi connectivity index (χ4v) is 3.69. The number of hydrogen-bond donors (Lipinski definition) is 3. The molecule has 4 N–H and O–H groups in total. The maximum absolute atomic E-state index is 12.9. The molecule has 3 rings (SSSR count). The van der Waals surface area contributed by atoms with Gasteiger partial charge in [-0.2, -0.15) is 0 Å². The highest BCUT2D eigenvalue weighted by molar-refractivity contribution is 6.01. The summed E-state index contributed by atoms with van der Waals surface area (Å²) in [5, 5.41) is 10.2. The van der Waals surface area contributed by atoms with Gasteiger partial charge in [0.25, 0.3) is 5.91 Å². The first kappa shape index (κ1) is 16.0. The van der Waals surface area contributed by atoms with Crippen LogP contribution in [0.3, 0.4) is 0 Å². The van der Waals surface area contributed by atoms with Crippen molar-refractivity contribution < 1.29 is 9.90 Å². The summed E-state index contributed by atoms with van der Waals surface area (Å²) < 4.78 is 0. The Balaban J connectivity index is 1.93. The number of nitrogens with one attached hydrogen (secondary N) is 1. The molecule has 1 aliphatic heterocycles. The van der Waals surface area contributed by atoms with Crippen molar-refractivity contribution in [1.82, 2.24) is 9.88 Å². The predicted molar refractivity (Wildman–Crippen MR) is 91.6 cm³/mol. The van der Waals surface area contributed by atoms with E-state index in [0.717, 1.165) is 22.0 Å². The Bertz CT molecular complexity index is 750. The third kappa shape index (κ3) is 2.75. The number of likely N-dealkylation sites (tertiary alicyclic amines) is 1. The molecule has 2 atom stereocenters. The van der Waals surface area contributed by atoms with E-state index >= 15 is 0 Å². The van der Waals surface area contributed by atoms with Gasteiger partial charge in [0, 0.05) is 36.6 Å². The number of nitrogens with two attached hydrogens (primary N) is 1. The standard InChI is InChI=1S/C18H25N3O2/c1-10-6-11(2)16-14(7-10)12(3)17(20-16)18(23)21-8-13(4-5-22)15(19)9-21/h6-7,13,15,20,22H,4-5,8-9,19H2,1-3H3/t13-,15-/m0/s1. The van der Waals surface area contributed by atoms with E-state index in [0.29, 0.717) is 25.2 Å². The third-order valence-corrected chi connectivity index (χ3v) is 5.00. The fraction of sp³-hybridized carbons (Fsp3) is 0.500. The molecule has 1 saturated heterocycles. The highest BCUT2D eigenvalue weighted by Crippen LogP contribution is 2.28. The van der Waals surface area contributed by atoms with Gasteiger partial charge in [0.05, 0.1) is 0 Å².